The smallest absolute Gasteiger partial charge is 0.328 e. The minimum absolute atomic E-state index is 0.0523. The maximum absolute atomic E-state index is 9.55. The summed E-state index contributed by atoms with van der Waals surface area (Å²) in [6, 6.07) is 6.80. The van der Waals surface area contributed by atoms with Crippen molar-refractivity contribution in [2.75, 3.05) is 27.1 Å². The number of methoxy groups -OCH3 is 1. The van der Waals surface area contributed by atoms with E-state index in [0.29, 0.717) is 25.0 Å². The van der Waals surface area contributed by atoms with Gasteiger partial charge in [-0.3, -0.25) is 0 Å². The van der Waals surface area contributed by atoms with Gasteiger partial charge in [-0.2, -0.15) is 0 Å². The Morgan fingerprint density at radius 3 is 2.64 bits per heavy atom. The van der Waals surface area contributed by atoms with Crippen LogP contribution in [0.4, 0.5) is 0 Å². The molecule has 0 spiro atoms. The lowest BCUT2D eigenvalue weighted by molar-refractivity contribution is -0.256. The number of hydrogen-bond donors (Lipinski definition) is 3. The van der Waals surface area contributed by atoms with E-state index in [1.54, 1.807) is 7.11 Å². The molecule has 2 fully saturated rings. The number of fused-ring (bicyclic) bond motifs is 1. The van der Waals surface area contributed by atoms with Gasteiger partial charge in [0.2, 0.25) is 0 Å². The van der Waals surface area contributed by atoms with Crippen LogP contribution in [0.2, 0.25) is 0 Å². The molecule has 28 heavy (non-hydrogen) atoms. The molecular weight excluding hydrogens is 366 g/mol. The van der Waals surface area contributed by atoms with Crippen LogP contribution in [-0.2, 0) is 30.9 Å². The van der Waals surface area contributed by atoms with Crippen LogP contribution in [0, 0.1) is 0 Å². The van der Waals surface area contributed by atoms with E-state index in [0.717, 1.165) is 31.7 Å². The summed E-state index contributed by atoms with van der Waals surface area (Å²) >= 11 is 0. The van der Waals surface area contributed by atoms with Crippen molar-refractivity contribution < 1.29 is 34.0 Å². The van der Waals surface area contributed by atoms with Crippen LogP contribution in [0.15, 0.2) is 30.4 Å². The van der Waals surface area contributed by atoms with Gasteiger partial charge in [0.25, 0.3) is 0 Å². The summed E-state index contributed by atoms with van der Waals surface area (Å²) in [4.78, 5) is 19.1. The fraction of sp³-hybridized carbons (Fsp3) is 0.500. The lowest BCUT2D eigenvalue weighted by Crippen LogP contribution is -2.73. The van der Waals surface area contributed by atoms with Gasteiger partial charge in [0, 0.05) is 18.2 Å². The van der Waals surface area contributed by atoms with Gasteiger partial charge >= 0.3 is 11.9 Å². The number of nitrogens with one attached hydrogen (secondary N) is 1. The molecule has 0 aromatic heterocycles. The van der Waals surface area contributed by atoms with Crippen LogP contribution in [0.5, 0.6) is 5.75 Å². The number of piperidine rings is 1. The van der Waals surface area contributed by atoms with Gasteiger partial charge in [-0.05, 0) is 49.6 Å². The third-order valence-electron chi connectivity index (χ3n) is 5.97. The van der Waals surface area contributed by atoms with E-state index in [1.807, 2.05) is 0 Å². The van der Waals surface area contributed by atoms with E-state index in [1.165, 1.54) is 11.1 Å². The van der Waals surface area contributed by atoms with E-state index in [4.69, 9.17) is 24.4 Å². The Labute approximate surface area is 163 Å². The molecule has 1 aromatic rings. The largest absolute Gasteiger partial charge is 0.497 e. The molecule has 3 aliphatic rings. The highest BCUT2D eigenvalue weighted by Gasteiger charge is 2.61. The maximum Gasteiger partial charge on any atom is 0.328 e. The number of benzene rings is 1. The second-order valence-corrected chi connectivity index (χ2v) is 7.29. The average Bonchev–Trinajstić information content (AvgIpc) is 2.66. The molecule has 3 atom stereocenters. The molecule has 2 heterocycles. The van der Waals surface area contributed by atoms with Gasteiger partial charge < -0.3 is 29.7 Å². The lowest BCUT2D eigenvalue weighted by Gasteiger charge is -2.61. The summed E-state index contributed by atoms with van der Waals surface area (Å²) < 4.78 is 17.3. The number of hydrogen-bond acceptors (Lipinski definition) is 6. The van der Waals surface area contributed by atoms with Gasteiger partial charge in [-0.1, -0.05) is 6.07 Å². The van der Waals surface area contributed by atoms with E-state index in [9.17, 15) is 9.59 Å². The summed E-state index contributed by atoms with van der Waals surface area (Å²) in [5.74, 6) is -1.59. The fourth-order valence-corrected chi connectivity index (χ4v) is 4.49. The fourth-order valence-electron chi connectivity index (χ4n) is 4.49. The molecule has 4 rings (SSSR count). The number of carboxylic acids is 2. The molecule has 0 radical (unpaired) electrons. The van der Waals surface area contributed by atoms with E-state index >= 15 is 0 Å². The molecule has 8 heteroatoms. The number of rotatable bonds is 3. The Bertz CT molecular complexity index is 773. The summed E-state index contributed by atoms with van der Waals surface area (Å²) in [5.41, 5.74) is 2.51. The van der Waals surface area contributed by atoms with E-state index < -0.39 is 11.9 Å². The first-order valence-corrected chi connectivity index (χ1v) is 9.09. The van der Waals surface area contributed by atoms with Gasteiger partial charge in [-0.25, -0.2) is 9.59 Å². The molecule has 0 saturated carbocycles. The van der Waals surface area contributed by atoms with Crippen LogP contribution < -0.4 is 10.1 Å². The van der Waals surface area contributed by atoms with Crippen molar-refractivity contribution in [2.45, 2.75) is 36.8 Å². The van der Waals surface area contributed by atoms with E-state index in [-0.39, 0.29) is 11.0 Å². The van der Waals surface area contributed by atoms with Crippen LogP contribution in [-0.4, -0.2) is 60.8 Å². The SMILES string of the molecule is COc1ccc2c(c1)[C@]13CCN[C@H](C2)[C@]1(C)OCOC3.O=C(O)/C=C/C(=O)O. The van der Waals surface area contributed by atoms with Gasteiger partial charge in [0.15, 0.2) is 0 Å². The van der Waals surface area contributed by atoms with Crippen LogP contribution >= 0.6 is 0 Å². The van der Waals surface area contributed by atoms with E-state index in [2.05, 4.69) is 30.4 Å². The molecule has 8 nitrogen and oxygen atoms in total. The zero-order valence-electron chi connectivity index (χ0n) is 15.9. The summed E-state index contributed by atoms with van der Waals surface area (Å²) in [5, 5.41) is 19.3. The Morgan fingerprint density at radius 1 is 1.29 bits per heavy atom. The zero-order chi connectivity index (χ0) is 20.4. The first-order chi connectivity index (χ1) is 13.3. The molecular formula is C20H25NO7. The highest BCUT2D eigenvalue weighted by molar-refractivity contribution is 5.89. The minimum atomic E-state index is -1.26. The topological polar surface area (TPSA) is 114 Å². The first-order valence-electron chi connectivity index (χ1n) is 9.09. The normalized spacial score (nSPS) is 30.4. The van der Waals surface area contributed by atoms with Crippen LogP contribution in [0.1, 0.15) is 24.5 Å². The number of carboxylic acid groups (broad SMARTS) is 2. The predicted molar refractivity (Wildman–Crippen MR) is 99.5 cm³/mol. The number of ether oxygens (including phenoxy) is 3. The molecule has 0 unspecified atom stereocenters. The Balaban J connectivity index is 0.000000242. The average molecular weight is 391 g/mol. The van der Waals surface area contributed by atoms with Crippen LogP contribution in [0.25, 0.3) is 0 Å². The molecule has 1 aromatic carbocycles. The number of carbonyl (C=O) groups is 2. The Morgan fingerprint density at radius 2 is 2.00 bits per heavy atom. The van der Waals surface area contributed by atoms with Crippen molar-refractivity contribution in [3.63, 3.8) is 0 Å². The molecule has 1 aliphatic carbocycles. The first kappa shape index (κ1) is 20.3. The standard InChI is InChI=1S/C16H21NO3.C4H4O4/c1-15-14-7-11-3-4-12(18-2)8-13(11)16(15,5-6-17-14)9-19-10-20-15;5-3(6)1-2-4(7)8/h3-4,8,14,17H,5-7,9-10H2,1-2H3;1-2H,(H,5,6)(H,7,8)/b;2-1+/t14-,15+,16-;/m1./s1. The van der Waals surface area contributed by atoms with Crippen molar-refractivity contribution in [3.05, 3.63) is 41.5 Å². The summed E-state index contributed by atoms with van der Waals surface area (Å²) in [7, 11) is 1.72. The molecule has 2 aliphatic heterocycles. The zero-order valence-corrected chi connectivity index (χ0v) is 15.9. The third-order valence-corrected chi connectivity index (χ3v) is 5.97. The quantitative estimate of drug-likeness (QED) is 0.661. The van der Waals surface area contributed by atoms with Gasteiger partial charge in [0.1, 0.15) is 12.5 Å². The van der Waals surface area contributed by atoms with Crippen molar-refractivity contribution in [1.82, 2.24) is 5.32 Å². The third kappa shape index (κ3) is 3.50. The Hall–Kier alpha value is -2.42. The minimum Gasteiger partial charge on any atom is -0.497 e. The lowest BCUT2D eigenvalue weighted by atomic mass is 9.55. The summed E-state index contributed by atoms with van der Waals surface area (Å²) in [6.45, 7) is 4.40. The number of aliphatic carboxylic acids is 2. The Kier molecular flexibility index (Phi) is 5.74. The predicted octanol–water partition coefficient (Wildman–Crippen LogP) is 1.33. The van der Waals surface area contributed by atoms with Gasteiger partial charge in [-0.15, -0.1) is 0 Å². The summed E-state index contributed by atoms with van der Waals surface area (Å²) in [6.07, 6.45) is 3.17. The molecule has 2 saturated heterocycles. The van der Waals surface area contributed by atoms with Crippen LogP contribution in [0.3, 0.4) is 0 Å². The molecule has 0 amide bonds. The van der Waals surface area contributed by atoms with Crippen molar-refractivity contribution in [1.29, 1.82) is 0 Å². The second kappa shape index (κ2) is 7.90. The second-order valence-electron chi connectivity index (χ2n) is 7.29. The van der Waals surface area contributed by atoms with Crippen molar-refractivity contribution in [2.24, 2.45) is 0 Å². The highest BCUT2D eigenvalue weighted by atomic mass is 16.7. The van der Waals surface area contributed by atoms with Gasteiger partial charge in [0.05, 0.1) is 24.7 Å². The molecule has 2 bridgehead atoms. The maximum atomic E-state index is 9.55. The van der Waals surface area contributed by atoms with Crippen molar-refractivity contribution in [3.8, 4) is 5.75 Å². The molecule has 152 valence electrons. The van der Waals surface area contributed by atoms with Crippen molar-refractivity contribution >= 4 is 11.9 Å². The molecule has 3 N–H and O–H groups in total. The highest BCUT2D eigenvalue weighted by Crippen LogP contribution is 2.53. The monoisotopic (exact) mass is 391 g/mol.